The van der Waals surface area contributed by atoms with Gasteiger partial charge in [0.2, 0.25) is 0 Å². The van der Waals surface area contributed by atoms with Gasteiger partial charge in [0.1, 0.15) is 0 Å². The van der Waals surface area contributed by atoms with Crippen LogP contribution in [-0.2, 0) is 0 Å². The Morgan fingerprint density at radius 2 is 1.17 bits per heavy atom. The molecule has 194 valence electrons. The van der Waals surface area contributed by atoms with Crippen LogP contribution in [-0.4, -0.2) is 16.2 Å². The fourth-order valence-corrected chi connectivity index (χ4v) is 12.3. The van der Waals surface area contributed by atoms with Gasteiger partial charge in [-0.1, -0.05) is 110 Å². The molecule has 0 radical (unpaired) electrons. The van der Waals surface area contributed by atoms with E-state index >= 15 is 0 Å². The van der Waals surface area contributed by atoms with E-state index in [0.29, 0.717) is 22.7 Å². The molecule has 3 aliphatic rings. The van der Waals surface area contributed by atoms with Gasteiger partial charge in [-0.25, -0.2) is 0 Å². The molecular weight excluding hydrogens is 458 g/mol. The lowest BCUT2D eigenvalue weighted by Gasteiger charge is -2.45. The Kier molecular flexibility index (Phi) is 9.78. The molecule has 2 atom stereocenters. The van der Waals surface area contributed by atoms with E-state index in [-0.39, 0.29) is 0 Å². The van der Waals surface area contributed by atoms with Gasteiger partial charge in [0.25, 0.3) is 0 Å². The zero-order valence-electron chi connectivity index (χ0n) is 23.6. The molecule has 2 unspecified atom stereocenters. The molecule has 1 aromatic carbocycles. The number of hydrogen-bond donors (Lipinski definition) is 0. The van der Waals surface area contributed by atoms with Crippen molar-refractivity contribution in [2.75, 3.05) is 0 Å². The molecule has 2 fully saturated rings. The minimum Gasteiger partial charge on any atom is -0.103 e. The Balaban J connectivity index is 1.85. The third kappa shape index (κ3) is 6.53. The normalized spacial score (nSPS) is 25.2. The lowest BCUT2D eigenvalue weighted by molar-refractivity contribution is 0.508. The first-order valence-corrected chi connectivity index (χ1v) is 17.1. The monoisotopic (exact) mass is 510 g/mol. The second-order valence-corrected chi connectivity index (χ2v) is 17.0. The topological polar surface area (TPSA) is 0 Å². The first-order chi connectivity index (χ1) is 16.8. The number of allylic oxidation sites excluding steroid dienone is 4. The highest BCUT2D eigenvalue weighted by molar-refractivity contribution is 7.61. The fraction of sp³-hybridized carbons (Fsp3) is 0.697. The molecule has 2 saturated carbocycles. The van der Waals surface area contributed by atoms with E-state index < -0.39 is 0 Å². The zero-order valence-corrected chi connectivity index (χ0v) is 25.6. The molecule has 4 rings (SSSR count). The standard InChI is InChI=1S/C33H52P2/c1-23(2)26-21-29(24(3)4)32(30(22-26)25(5)6)31-19-13-14-20-33(31,34-27-15-9-7-10-16-27)35-28-17-11-8-12-18-28/h13-14,19,21-25,27-28,34-35H,7-12,15-18,20H2,1-6H3. The van der Waals surface area contributed by atoms with Crippen molar-refractivity contribution in [3.63, 3.8) is 0 Å². The van der Waals surface area contributed by atoms with E-state index in [4.69, 9.17) is 0 Å². The van der Waals surface area contributed by atoms with Gasteiger partial charge in [0, 0.05) is 4.90 Å². The molecule has 0 aromatic heterocycles. The van der Waals surface area contributed by atoms with Gasteiger partial charge in [0.05, 0.1) is 0 Å². The maximum Gasteiger partial charge on any atom is 0.0340 e. The van der Waals surface area contributed by atoms with E-state index in [2.05, 4.69) is 71.9 Å². The number of benzene rings is 1. The molecule has 0 nitrogen and oxygen atoms in total. The molecule has 0 amide bonds. The predicted molar refractivity (Wildman–Crippen MR) is 164 cm³/mol. The second-order valence-electron chi connectivity index (χ2n) is 12.6. The summed E-state index contributed by atoms with van der Waals surface area (Å²) in [7, 11) is 2.19. The van der Waals surface area contributed by atoms with Crippen molar-refractivity contribution >= 4 is 22.7 Å². The van der Waals surface area contributed by atoms with Gasteiger partial charge >= 0.3 is 0 Å². The van der Waals surface area contributed by atoms with Gasteiger partial charge < -0.3 is 0 Å². The molecule has 1 aromatic rings. The van der Waals surface area contributed by atoms with Crippen LogP contribution in [0.15, 0.2) is 30.4 Å². The van der Waals surface area contributed by atoms with Crippen LogP contribution in [0.2, 0.25) is 0 Å². The Morgan fingerprint density at radius 3 is 1.60 bits per heavy atom. The Bertz CT molecular complexity index is 843. The summed E-state index contributed by atoms with van der Waals surface area (Å²) in [5.41, 5.74) is 10.1. The molecule has 0 heterocycles. The van der Waals surface area contributed by atoms with Crippen molar-refractivity contribution in [3.8, 4) is 0 Å². The van der Waals surface area contributed by atoms with Crippen LogP contribution in [0.4, 0.5) is 0 Å². The molecular formula is C33H52P2. The highest BCUT2D eigenvalue weighted by Gasteiger charge is 2.41. The summed E-state index contributed by atoms with van der Waals surface area (Å²) in [6.07, 6.45) is 23.5. The van der Waals surface area contributed by atoms with Crippen LogP contribution in [0, 0.1) is 0 Å². The summed E-state index contributed by atoms with van der Waals surface area (Å²) in [4.78, 5) is 0.380. The van der Waals surface area contributed by atoms with E-state index in [1.807, 2.05) is 0 Å². The third-order valence-electron chi connectivity index (χ3n) is 8.80. The maximum atomic E-state index is 2.59. The van der Waals surface area contributed by atoms with E-state index in [1.165, 1.54) is 76.2 Å². The first kappa shape index (κ1) is 27.6. The summed E-state index contributed by atoms with van der Waals surface area (Å²) >= 11 is 0. The van der Waals surface area contributed by atoms with Crippen LogP contribution in [0.1, 0.15) is 152 Å². The van der Waals surface area contributed by atoms with E-state index in [9.17, 15) is 0 Å². The average Bonchev–Trinajstić information content (AvgIpc) is 2.84. The predicted octanol–water partition coefficient (Wildman–Crippen LogP) is 11.1. The van der Waals surface area contributed by atoms with Crippen molar-refractivity contribution in [2.45, 2.75) is 146 Å². The molecule has 2 heteroatoms. The quantitative estimate of drug-likeness (QED) is 0.305. The summed E-state index contributed by atoms with van der Waals surface area (Å²) in [6.45, 7) is 14.5. The van der Waals surface area contributed by atoms with Gasteiger partial charge in [0.15, 0.2) is 0 Å². The Labute approximate surface area is 221 Å². The highest BCUT2D eigenvalue weighted by atomic mass is 31.1. The van der Waals surface area contributed by atoms with Crippen LogP contribution in [0.3, 0.4) is 0 Å². The minimum absolute atomic E-state index is 0.380. The average molecular weight is 511 g/mol. The Hall–Kier alpha value is -0.440. The molecule has 0 aliphatic heterocycles. The summed E-state index contributed by atoms with van der Waals surface area (Å²) in [6, 6.07) is 5.18. The first-order valence-electron chi connectivity index (χ1n) is 14.9. The molecule has 35 heavy (non-hydrogen) atoms. The number of rotatable bonds is 8. The minimum atomic E-state index is 0.380. The van der Waals surface area contributed by atoms with Crippen LogP contribution < -0.4 is 0 Å². The lowest BCUT2D eigenvalue weighted by Crippen LogP contribution is -2.29. The van der Waals surface area contributed by atoms with Gasteiger partial charge in [-0.05, 0) is 89.0 Å². The maximum absolute atomic E-state index is 2.59. The van der Waals surface area contributed by atoms with E-state index in [0.717, 1.165) is 28.5 Å². The van der Waals surface area contributed by atoms with Crippen molar-refractivity contribution in [1.29, 1.82) is 0 Å². The van der Waals surface area contributed by atoms with Gasteiger partial charge in [-0.2, -0.15) is 0 Å². The summed E-state index contributed by atoms with van der Waals surface area (Å²) in [5, 5.41) is 0. The smallest absolute Gasteiger partial charge is 0.0340 e. The molecule has 3 aliphatic carbocycles. The van der Waals surface area contributed by atoms with Gasteiger partial charge in [-0.15, -0.1) is 17.2 Å². The summed E-state index contributed by atoms with van der Waals surface area (Å²) in [5.74, 6) is 1.70. The van der Waals surface area contributed by atoms with Crippen molar-refractivity contribution in [1.82, 2.24) is 0 Å². The lowest BCUT2D eigenvalue weighted by atomic mass is 9.79. The zero-order chi connectivity index (χ0) is 25.0. The van der Waals surface area contributed by atoms with Crippen LogP contribution >= 0.6 is 17.2 Å². The highest BCUT2D eigenvalue weighted by Crippen LogP contribution is 2.65. The van der Waals surface area contributed by atoms with Crippen LogP contribution in [0.25, 0.3) is 5.57 Å². The fourth-order valence-electron chi connectivity index (χ4n) is 6.73. The SMILES string of the molecule is CC(C)c1cc(C(C)C)c(C2=CC=CCC2(PC2CCCCC2)PC2CCCCC2)c(C(C)C)c1. The van der Waals surface area contributed by atoms with Crippen molar-refractivity contribution < 1.29 is 0 Å². The van der Waals surface area contributed by atoms with Crippen molar-refractivity contribution in [3.05, 3.63) is 52.6 Å². The third-order valence-corrected chi connectivity index (χ3v) is 13.6. The second kappa shape index (κ2) is 12.4. The molecule has 0 N–H and O–H groups in total. The van der Waals surface area contributed by atoms with E-state index in [1.54, 1.807) is 22.3 Å². The molecule has 0 saturated heterocycles. The molecule has 0 spiro atoms. The van der Waals surface area contributed by atoms with Gasteiger partial charge in [-0.3, -0.25) is 0 Å². The largest absolute Gasteiger partial charge is 0.103 e. The van der Waals surface area contributed by atoms with Crippen LogP contribution in [0.5, 0.6) is 0 Å². The number of hydrogen-bond acceptors (Lipinski definition) is 0. The molecule has 0 bridgehead atoms. The van der Waals surface area contributed by atoms with Crippen molar-refractivity contribution in [2.24, 2.45) is 0 Å². The Morgan fingerprint density at radius 1 is 0.686 bits per heavy atom. The summed E-state index contributed by atoms with van der Waals surface area (Å²) < 4.78 is 0.